The largest absolute Gasteiger partial charge is 0.443 e. The molecule has 8 heteroatoms. The highest BCUT2D eigenvalue weighted by atomic mass is 32.2. The van der Waals surface area contributed by atoms with E-state index in [0.29, 0.717) is 34.8 Å². The number of benzene rings is 1. The van der Waals surface area contributed by atoms with Gasteiger partial charge in [-0.2, -0.15) is 10.2 Å². The van der Waals surface area contributed by atoms with Crippen LogP contribution in [0.5, 0.6) is 11.6 Å². The van der Waals surface area contributed by atoms with Crippen molar-refractivity contribution in [3.63, 3.8) is 0 Å². The number of nitrogens with zero attached hydrogens (tertiary/aromatic N) is 4. The minimum Gasteiger partial charge on any atom is -0.443 e. The van der Waals surface area contributed by atoms with Gasteiger partial charge in [-0.1, -0.05) is 12.1 Å². The fourth-order valence-electron chi connectivity index (χ4n) is 2.40. The Labute approximate surface area is 175 Å². The highest BCUT2D eigenvalue weighted by Gasteiger charge is 2.27. The monoisotopic (exact) mass is 412 g/mol. The summed E-state index contributed by atoms with van der Waals surface area (Å²) in [5.41, 5.74) is 0.836. The van der Waals surface area contributed by atoms with E-state index in [9.17, 15) is 4.79 Å². The summed E-state index contributed by atoms with van der Waals surface area (Å²) in [7, 11) is 1.69. The zero-order valence-corrected chi connectivity index (χ0v) is 17.8. The van der Waals surface area contributed by atoms with Gasteiger partial charge in [0.2, 0.25) is 5.88 Å². The topological polar surface area (TPSA) is 88.3 Å². The Bertz CT molecular complexity index is 915. The van der Waals surface area contributed by atoms with Gasteiger partial charge in [-0.3, -0.25) is 4.31 Å². The molecule has 0 N–H and O–H groups in total. The summed E-state index contributed by atoms with van der Waals surface area (Å²) in [6, 6.07) is 11.1. The van der Waals surface area contributed by atoms with Crippen LogP contribution in [-0.4, -0.2) is 33.0 Å². The minimum atomic E-state index is -0.517. The predicted molar refractivity (Wildman–Crippen MR) is 111 cm³/mol. The highest BCUT2D eigenvalue weighted by Crippen LogP contribution is 2.39. The van der Waals surface area contributed by atoms with Crippen LogP contribution < -0.4 is 4.74 Å². The molecule has 1 aromatic heterocycles. The van der Waals surface area contributed by atoms with Gasteiger partial charge in [-0.25, -0.2) is 9.78 Å². The number of carbonyl (C=O) groups is 1. The third-order valence-electron chi connectivity index (χ3n) is 4.00. The van der Waals surface area contributed by atoms with Crippen molar-refractivity contribution in [2.24, 2.45) is 0 Å². The van der Waals surface area contributed by atoms with Crippen LogP contribution in [0.1, 0.15) is 56.6 Å². The van der Waals surface area contributed by atoms with Crippen molar-refractivity contribution < 1.29 is 14.3 Å². The van der Waals surface area contributed by atoms with Gasteiger partial charge >= 0.3 is 6.09 Å². The lowest BCUT2D eigenvalue weighted by Crippen LogP contribution is -2.30. The van der Waals surface area contributed by atoms with Crippen LogP contribution in [0.3, 0.4) is 0 Å². The molecule has 1 amide bonds. The van der Waals surface area contributed by atoms with Gasteiger partial charge in [0, 0.05) is 24.8 Å². The van der Waals surface area contributed by atoms with E-state index in [1.807, 2.05) is 45.0 Å². The molecule has 0 aliphatic heterocycles. The first kappa shape index (κ1) is 20.9. The van der Waals surface area contributed by atoms with E-state index >= 15 is 0 Å². The quantitative estimate of drug-likeness (QED) is 0.615. The molecule has 0 bridgehead atoms. The molecule has 1 aliphatic carbocycles. The third-order valence-corrected chi connectivity index (χ3v) is 5.00. The number of aromatic nitrogens is 2. The average Bonchev–Trinajstić information content (AvgIpc) is 3.51. The van der Waals surface area contributed by atoms with E-state index in [-0.39, 0.29) is 6.09 Å². The van der Waals surface area contributed by atoms with Crippen molar-refractivity contribution >= 4 is 18.0 Å². The molecule has 0 spiro atoms. The number of nitriles is 1. The Morgan fingerprint density at radius 2 is 1.97 bits per heavy atom. The first-order valence-electron chi connectivity index (χ1n) is 9.39. The van der Waals surface area contributed by atoms with Crippen LogP contribution >= 0.6 is 11.9 Å². The molecule has 1 heterocycles. The Morgan fingerprint density at radius 3 is 2.55 bits per heavy atom. The van der Waals surface area contributed by atoms with E-state index in [1.165, 1.54) is 16.3 Å². The number of amides is 1. The number of hydrogen-bond donors (Lipinski definition) is 0. The van der Waals surface area contributed by atoms with Gasteiger partial charge < -0.3 is 9.47 Å². The van der Waals surface area contributed by atoms with Gasteiger partial charge in [-0.05, 0) is 63.3 Å². The van der Waals surface area contributed by atoms with E-state index in [4.69, 9.17) is 14.7 Å². The molecular formula is C21H24N4O3S. The summed E-state index contributed by atoms with van der Waals surface area (Å²) in [5, 5.41) is 9.16. The van der Waals surface area contributed by atoms with Crippen molar-refractivity contribution in [2.45, 2.75) is 50.9 Å². The molecule has 0 saturated heterocycles. The van der Waals surface area contributed by atoms with Gasteiger partial charge in [0.15, 0.2) is 0 Å². The molecule has 3 rings (SSSR count). The predicted octanol–water partition coefficient (Wildman–Crippen LogP) is 5.03. The number of rotatable bonds is 6. The number of ether oxygens (including phenoxy) is 2. The van der Waals surface area contributed by atoms with E-state index in [2.05, 4.69) is 16.0 Å². The first-order valence-corrected chi connectivity index (χ1v) is 10.3. The second kappa shape index (κ2) is 8.70. The normalized spacial score (nSPS) is 13.5. The second-order valence-corrected chi connectivity index (χ2v) is 8.93. The summed E-state index contributed by atoms with van der Waals surface area (Å²) >= 11 is 1.37. The summed E-state index contributed by atoms with van der Waals surface area (Å²) in [6.07, 6.45) is 1.74. The molecule has 29 heavy (non-hydrogen) atoms. The van der Waals surface area contributed by atoms with Crippen molar-refractivity contribution in [3.8, 4) is 17.7 Å². The van der Waals surface area contributed by atoms with Crippen molar-refractivity contribution in [2.75, 3.05) is 7.05 Å². The van der Waals surface area contributed by atoms with Crippen LogP contribution in [0.2, 0.25) is 0 Å². The molecule has 1 aromatic carbocycles. The maximum atomic E-state index is 12.0. The first-order chi connectivity index (χ1) is 13.7. The molecule has 0 unspecified atom stereocenters. The molecule has 7 nitrogen and oxygen atoms in total. The van der Waals surface area contributed by atoms with Gasteiger partial charge in [0.05, 0.1) is 0 Å². The zero-order valence-electron chi connectivity index (χ0n) is 17.0. The molecule has 2 aromatic rings. The fraction of sp³-hybridized carbons (Fsp3) is 0.429. The smallest absolute Gasteiger partial charge is 0.420 e. The molecule has 1 aliphatic rings. The Morgan fingerprint density at radius 1 is 1.28 bits per heavy atom. The third kappa shape index (κ3) is 6.36. The van der Waals surface area contributed by atoms with Gasteiger partial charge in [0.25, 0.3) is 0 Å². The van der Waals surface area contributed by atoms with Crippen LogP contribution in [0.25, 0.3) is 0 Å². The standard InChI is InChI=1S/C21H24N4O3S/c1-21(2,3)28-20(26)25(4)29-13-14-5-9-17(10-6-14)27-18-11-16(12-22)23-19(24-18)15-7-8-15/h5-6,9-11,15H,7-8,13H2,1-4H3. The van der Waals surface area contributed by atoms with Gasteiger partial charge in [-0.15, -0.1) is 0 Å². The Hall–Kier alpha value is -2.79. The summed E-state index contributed by atoms with van der Waals surface area (Å²) < 4.78 is 12.6. The Balaban J connectivity index is 1.57. The van der Waals surface area contributed by atoms with Crippen molar-refractivity contribution in [1.82, 2.24) is 14.3 Å². The summed E-state index contributed by atoms with van der Waals surface area (Å²) in [4.78, 5) is 20.7. The second-order valence-electron chi connectivity index (χ2n) is 7.83. The SMILES string of the molecule is CN(SCc1ccc(Oc2cc(C#N)nc(C3CC3)n2)cc1)C(=O)OC(C)(C)C. The lowest BCUT2D eigenvalue weighted by atomic mass is 10.2. The number of carbonyl (C=O) groups excluding carboxylic acids is 1. The van der Waals surface area contributed by atoms with Gasteiger partial charge in [0.1, 0.15) is 28.9 Å². The Kier molecular flexibility index (Phi) is 6.28. The maximum absolute atomic E-state index is 12.0. The maximum Gasteiger partial charge on any atom is 0.420 e. The molecule has 0 atom stereocenters. The molecular weight excluding hydrogens is 388 g/mol. The molecule has 0 radical (unpaired) electrons. The lowest BCUT2D eigenvalue weighted by molar-refractivity contribution is 0.0432. The van der Waals surface area contributed by atoms with Crippen LogP contribution in [0.15, 0.2) is 30.3 Å². The van der Waals surface area contributed by atoms with E-state index < -0.39 is 5.60 Å². The molecule has 1 saturated carbocycles. The molecule has 152 valence electrons. The van der Waals surface area contributed by atoms with Crippen LogP contribution in [-0.2, 0) is 10.5 Å². The number of hydrogen-bond acceptors (Lipinski definition) is 7. The van der Waals surface area contributed by atoms with Crippen LogP contribution in [0, 0.1) is 11.3 Å². The zero-order chi connectivity index (χ0) is 21.0. The highest BCUT2D eigenvalue weighted by molar-refractivity contribution is 7.96. The van der Waals surface area contributed by atoms with Crippen LogP contribution in [0.4, 0.5) is 4.79 Å². The molecule has 1 fully saturated rings. The van der Waals surface area contributed by atoms with Crippen molar-refractivity contribution in [1.29, 1.82) is 5.26 Å². The summed E-state index contributed by atoms with van der Waals surface area (Å²) in [5.74, 6) is 2.64. The van der Waals surface area contributed by atoms with Crippen molar-refractivity contribution in [3.05, 3.63) is 47.4 Å². The fourth-order valence-corrected chi connectivity index (χ4v) is 3.08. The average molecular weight is 413 g/mol. The summed E-state index contributed by atoms with van der Waals surface area (Å²) in [6.45, 7) is 5.52. The van der Waals surface area contributed by atoms with E-state index in [0.717, 1.165) is 18.4 Å². The minimum absolute atomic E-state index is 0.315. The van der Waals surface area contributed by atoms with E-state index in [1.54, 1.807) is 13.1 Å². The lowest BCUT2D eigenvalue weighted by Gasteiger charge is -2.23.